The molecule has 0 saturated heterocycles. The van der Waals surface area contributed by atoms with Crippen molar-refractivity contribution in [2.75, 3.05) is 14.2 Å². The maximum atomic E-state index is 13.6. The molecule has 4 aromatic rings. The van der Waals surface area contributed by atoms with Crippen LogP contribution in [0.4, 0.5) is 0 Å². The summed E-state index contributed by atoms with van der Waals surface area (Å²) in [5.41, 5.74) is 3.18. The van der Waals surface area contributed by atoms with Gasteiger partial charge in [-0.25, -0.2) is 14.5 Å². The van der Waals surface area contributed by atoms with Crippen molar-refractivity contribution >= 4 is 23.0 Å². The van der Waals surface area contributed by atoms with Gasteiger partial charge in [-0.2, -0.15) is 0 Å². The third kappa shape index (κ3) is 3.83. The molecule has 0 saturated carbocycles. The SMILES string of the molecule is COc1ccc([C@H]2C3=C(CC(C)(C)CC3=O)Oc3ncn4nc(-c5ccccc5Cl)nc4c32)cc1OC. The summed E-state index contributed by atoms with van der Waals surface area (Å²) < 4.78 is 19.0. The molecule has 188 valence electrons. The smallest absolute Gasteiger partial charge is 0.228 e. The van der Waals surface area contributed by atoms with Gasteiger partial charge in [-0.15, -0.1) is 5.10 Å². The Hall–Kier alpha value is -3.91. The number of allylic oxidation sites excluding steroid dienone is 2. The Labute approximate surface area is 218 Å². The fourth-order valence-electron chi connectivity index (χ4n) is 5.27. The van der Waals surface area contributed by atoms with Crippen LogP contribution in [-0.4, -0.2) is 39.6 Å². The zero-order valence-corrected chi connectivity index (χ0v) is 21.7. The molecule has 2 aliphatic rings. The molecule has 37 heavy (non-hydrogen) atoms. The summed E-state index contributed by atoms with van der Waals surface area (Å²) >= 11 is 6.45. The largest absolute Gasteiger partial charge is 0.493 e. The van der Waals surface area contributed by atoms with E-state index in [1.54, 1.807) is 31.1 Å². The number of halogens is 1. The molecule has 6 rings (SSSR count). The van der Waals surface area contributed by atoms with Crippen LogP contribution in [0, 0.1) is 5.41 Å². The summed E-state index contributed by atoms with van der Waals surface area (Å²) in [4.78, 5) is 23.1. The highest BCUT2D eigenvalue weighted by Gasteiger charge is 2.44. The third-order valence-electron chi connectivity index (χ3n) is 6.92. The molecule has 0 spiro atoms. The predicted molar refractivity (Wildman–Crippen MR) is 138 cm³/mol. The first-order valence-corrected chi connectivity index (χ1v) is 12.3. The second kappa shape index (κ2) is 8.59. The van der Waals surface area contributed by atoms with Gasteiger partial charge < -0.3 is 14.2 Å². The number of ketones is 1. The minimum Gasteiger partial charge on any atom is -0.493 e. The number of methoxy groups -OCH3 is 2. The number of hydrogen-bond acceptors (Lipinski definition) is 7. The van der Waals surface area contributed by atoms with Crippen molar-refractivity contribution in [1.29, 1.82) is 0 Å². The highest BCUT2D eigenvalue weighted by Crippen LogP contribution is 2.51. The van der Waals surface area contributed by atoms with Gasteiger partial charge in [0.1, 0.15) is 12.1 Å². The average Bonchev–Trinajstić information content (AvgIpc) is 3.31. The summed E-state index contributed by atoms with van der Waals surface area (Å²) in [6, 6.07) is 13.1. The van der Waals surface area contributed by atoms with E-state index in [1.807, 2.05) is 36.4 Å². The third-order valence-corrected chi connectivity index (χ3v) is 7.25. The monoisotopic (exact) mass is 516 g/mol. The molecule has 8 nitrogen and oxygen atoms in total. The van der Waals surface area contributed by atoms with Crippen molar-refractivity contribution in [3.05, 3.63) is 76.3 Å². The van der Waals surface area contributed by atoms with Gasteiger partial charge in [0.15, 0.2) is 28.8 Å². The molecule has 2 aromatic heterocycles. The van der Waals surface area contributed by atoms with E-state index in [0.717, 1.165) is 5.56 Å². The molecule has 0 N–H and O–H groups in total. The lowest BCUT2D eigenvalue weighted by atomic mass is 9.70. The van der Waals surface area contributed by atoms with Crippen LogP contribution < -0.4 is 14.2 Å². The second-order valence-corrected chi connectivity index (χ2v) is 10.5. The number of hydrogen-bond donors (Lipinski definition) is 0. The Bertz CT molecular complexity index is 1610. The number of carbonyl (C=O) groups excluding carboxylic acids is 1. The van der Waals surface area contributed by atoms with E-state index >= 15 is 0 Å². The van der Waals surface area contributed by atoms with Crippen molar-refractivity contribution in [3.8, 4) is 28.8 Å². The van der Waals surface area contributed by atoms with Crippen molar-refractivity contribution < 1.29 is 19.0 Å². The summed E-state index contributed by atoms with van der Waals surface area (Å²) in [5, 5.41) is 5.19. The van der Waals surface area contributed by atoms with E-state index in [4.69, 9.17) is 30.8 Å². The van der Waals surface area contributed by atoms with Gasteiger partial charge in [-0.05, 0) is 35.2 Å². The standard InChI is InChI=1S/C28H25ClN4O4/c1-28(2)12-18(34)23-21(13-28)37-27-24(22(23)15-9-10-19(35-3)20(11-15)36-4)26-31-25(32-33(26)14-30-27)16-7-5-6-8-17(16)29/h5-11,14,22H,12-13H2,1-4H3/t22-/m0/s1. The van der Waals surface area contributed by atoms with Gasteiger partial charge in [0, 0.05) is 24.0 Å². The first-order valence-electron chi connectivity index (χ1n) is 12.0. The van der Waals surface area contributed by atoms with Crippen LogP contribution in [0.3, 0.4) is 0 Å². The molecule has 0 unspecified atom stereocenters. The lowest BCUT2D eigenvalue weighted by molar-refractivity contribution is -0.118. The number of Topliss-reactive ketones (excluding diaryl/α,β-unsaturated/α-hetero) is 1. The van der Waals surface area contributed by atoms with E-state index in [0.29, 0.717) is 69.2 Å². The number of nitrogens with zero attached hydrogens (tertiary/aromatic N) is 4. The fourth-order valence-corrected chi connectivity index (χ4v) is 5.49. The van der Waals surface area contributed by atoms with Crippen LogP contribution in [0.2, 0.25) is 5.02 Å². The first-order chi connectivity index (χ1) is 17.8. The van der Waals surface area contributed by atoms with Gasteiger partial charge in [0.2, 0.25) is 5.88 Å². The molecule has 1 aliphatic heterocycles. The second-order valence-electron chi connectivity index (χ2n) is 10.1. The zero-order valence-electron chi connectivity index (χ0n) is 20.9. The van der Waals surface area contributed by atoms with E-state index in [9.17, 15) is 4.79 Å². The molecule has 9 heteroatoms. The van der Waals surface area contributed by atoms with Crippen LogP contribution in [0.5, 0.6) is 17.4 Å². The van der Waals surface area contributed by atoms with Gasteiger partial charge in [-0.1, -0.05) is 43.6 Å². The molecule has 0 radical (unpaired) electrons. The van der Waals surface area contributed by atoms with Crippen LogP contribution in [-0.2, 0) is 4.79 Å². The molecule has 2 aromatic carbocycles. The minimum atomic E-state index is -0.471. The van der Waals surface area contributed by atoms with E-state index in [-0.39, 0.29) is 11.2 Å². The van der Waals surface area contributed by atoms with Gasteiger partial charge in [-0.3, -0.25) is 4.79 Å². The molecule has 0 amide bonds. The van der Waals surface area contributed by atoms with Crippen molar-refractivity contribution in [1.82, 2.24) is 19.6 Å². The Kier molecular flexibility index (Phi) is 5.45. The number of aromatic nitrogens is 4. The lowest BCUT2D eigenvalue weighted by Crippen LogP contribution is -2.33. The molecule has 1 atom stereocenters. The van der Waals surface area contributed by atoms with Crippen LogP contribution >= 0.6 is 11.6 Å². The Morgan fingerprint density at radius 3 is 2.62 bits per heavy atom. The molecule has 0 bridgehead atoms. The van der Waals surface area contributed by atoms with Crippen LogP contribution in [0.25, 0.3) is 17.0 Å². The Morgan fingerprint density at radius 1 is 1.08 bits per heavy atom. The fraction of sp³-hybridized carbons (Fsp3) is 0.286. The number of ether oxygens (including phenoxy) is 3. The first kappa shape index (κ1) is 23.5. The Balaban J connectivity index is 1.62. The average molecular weight is 517 g/mol. The quantitative estimate of drug-likeness (QED) is 0.347. The van der Waals surface area contributed by atoms with Crippen LogP contribution in [0.1, 0.15) is 43.7 Å². The van der Waals surface area contributed by atoms with Gasteiger partial charge in [0.25, 0.3) is 0 Å². The maximum absolute atomic E-state index is 13.6. The normalized spacial score (nSPS) is 18.3. The highest BCUT2D eigenvalue weighted by atomic mass is 35.5. The summed E-state index contributed by atoms with van der Waals surface area (Å²) in [6.07, 6.45) is 2.62. The number of carbonyl (C=O) groups is 1. The van der Waals surface area contributed by atoms with Crippen molar-refractivity contribution in [3.63, 3.8) is 0 Å². The van der Waals surface area contributed by atoms with E-state index in [2.05, 4.69) is 23.9 Å². The van der Waals surface area contributed by atoms with E-state index < -0.39 is 5.92 Å². The number of rotatable bonds is 4. The molecule has 3 heterocycles. The maximum Gasteiger partial charge on any atom is 0.228 e. The topological polar surface area (TPSA) is 87.8 Å². The summed E-state index contributed by atoms with van der Waals surface area (Å²) in [6.45, 7) is 4.15. The zero-order chi connectivity index (χ0) is 25.9. The molecular formula is C28H25ClN4O4. The van der Waals surface area contributed by atoms with Gasteiger partial charge >= 0.3 is 0 Å². The number of benzene rings is 2. The summed E-state index contributed by atoms with van der Waals surface area (Å²) in [7, 11) is 3.18. The van der Waals surface area contributed by atoms with Crippen LogP contribution in [0.15, 0.2) is 60.1 Å². The van der Waals surface area contributed by atoms with E-state index in [1.165, 1.54) is 0 Å². The molecular weight excluding hydrogens is 492 g/mol. The minimum absolute atomic E-state index is 0.0459. The predicted octanol–water partition coefficient (Wildman–Crippen LogP) is 5.63. The summed E-state index contributed by atoms with van der Waals surface area (Å²) in [5.74, 6) is 2.26. The lowest BCUT2D eigenvalue weighted by Gasteiger charge is -2.37. The Morgan fingerprint density at radius 2 is 1.86 bits per heavy atom. The van der Waals surface area contributed by atoms with Crippen molar-refractivity contribution in [2.45, 2.75) is 32.6 Å². The molecule has 1 aliphatic carbocycles. The van der Waals surface area contributed by atoms with Crippen molar-refractivity contribution in [2.24, 2.45) is 5.41 Å². The highest BCUT2D eigenvalue weighted by molar-refractivity contribution is 6.33. The molecule has 0 fully saturated rings. The van der Waals surface area contributed by atoms with Gasteiger partial charge in [0.05, 0.1) is 30.7 Å². The number of fused-ring (bicyclic) bond motifs is 3.